The number of anilines is 1. The second-order valence-electron chi connectivity index (χ2n) is 5.25. The molecule has 1 aliphatic rings. The highest BCUT2D eigenvalue weighted by molar-refractivity contribution is 5.74. The molecule has 104 valence electrons. The summed E-state index contributed by atoms with van der Waals surface area (Å²) in [6.07, 6.45) is 0. The second kappa shape index (κ2) is 5.52. The first-order valence-electron chi connectivity index (χ1n) is 6.50. The summed E-state index contributed by atoms with van der Waals surface area (Å²) in [6.45, 7) is 6.07. The lowest BCUT2D eigenvalue weighted by molar-refractivity contribution is -0.142. The van der Waals surface area contributed by atoms with Crippen molar-refractivity contribution in [1.29, 1.82) is 0 Å². The summed E-state index contributed by atoms with van der Waals surface area (Å²) < 4.78 is 0. The summed E-state index contributed by atoms with van der Waals surface area (Å²) in [5.41, 5.74) is 0.952. The lowest BCUT2D eigenvalue weighted by Gasteiger charge is -2.37. The third-order valence-electron chi connectivity index (χ3n) is 3.52. The van der Waals surface area contributed by atoms with E-state index in [1.165, 1.54) is 0 Å². The summed E-state index contributed by atoms with van der Waals surface area (Å²) in [6, 6.07) is 3.40. The van der Waals surface area contributed by atoms with Crippen molar-refractivity contribution in [3.8, 4) is 0 Å². The van der Waals surface area contributed by atoms with E-state index < -0.39 is 12.0 Å². The van der Waals surface area contributed by atoms with Gasteiger partial charge in [0.05, 0.1) is 5.69 Å². The van der Waals surface area contributed by atoms with Crippen LogP contribution in [-0.2, 0) is 4.79 Å². The Morgan fingerprint density at radius 3 is 2.63 bits per heavy atom. The van der Waals surface area contributed by atoms with Crippen molar-refractivity contribution in [2.45, 2.75) is 25.8 Å². The number of carboxylic acid groups (broad SMARTS) is 1. The Hall–Kier alpha value is -1.69. The molecule has 0 amide bonds. The fourth-order valence-electron chi connectivity index (χ4n) is 2.16. The van der Waals surface area contributed by atoms with Crippen molar-refractivity contribution in [2.75, 3.05) is 31.6 Å². The van der Waals surface area contributed by atoms with Crippen LogP contribution in [0, 0.1) is 0 Å². The van der Waals surface area contributed by atoms with E-state index in [4.69, 9.17) is 0 Å². The normalized spacial score (nSPS) is 20.8. The number of aliphatic carboxylic acids is 1. The summed E-state index contributed by atoms with van der Waals surface area (Å²) in [7, 11) is 1.84. The molecule has 1 saturated heterocycles. The van der Waals surface area contributed by atoms with Crippen molar-refractivity contribution < 1.29 is 9.90 Å². The Morgan fingerprint density at radius 1 is 1.37 bits per heavy atom. The predicted molar refractivity (Wildman–Crippen MR) is 72.4 cm³/mol. The molecule has 1 atom stereocenters. The Kier molecular flexibility index (Phi) is 3.99. The van der Waals surface area contributed by atoms with Crippen LogP contribution < -0.4 is 4.90 Å². The average Bonchev–Trinajstić information content (AvgIpc) is 2.39. The maximum absolute atomic E-state index is 11.2. The molecule has 0 spiro atoms. The van der Waals surface area contributed by atoms with E-state index in [1.54, 1.807) is 0 Å². The SMILES string of the molecule is CC(C)c1ccc(N2CCN(C)[C@@H](C(=O)O)C2)nn1. The zero-order chi connectivity index (χ0) is 14.0. The van der Waals surface area contributed by atoms with Crippen LogP contribution in [0.2, 0.25) is 0 Å². The van der Waals surface area contributed by atoms with Crippen LogP contribution in [0.25, 0.3) is 0 Å². The first-order valence-corrected chi connectivity index (χ1v) is 6.50. The van der Waals surface area contributed by atoms with Crippen molar-refractivity contribution in [3.05, 3.63) is 17.8 Å². The molecule has 2 heterocycles. The summed E-state index contributed by atoms with van der Waals surface area (Å²) >= 11 is 0. The molecule has 0 saturated carbocycles. The monoisotopic (exact) mass is 264 g/mol. The largest absolute Gasteiger partial charge is 0.480 e. The molecule has 6 nitrogen and oxygen atoms in total. The van der Waals surface area contributed by atoms with Crippen LogP contribution in [-0.4, -0.2) is 58.9 Å². The Morgan fingerprint density at radius 2 is 2.11 bits per heavy atom. The van der Waals surface area contributed by atoms with Gasteiger partial charge in [0, 0.05) is 19.6 Å². The van der Waals surface area contributed by atoms with Crippen molar-refractivity contribution in [2.24, 2.45) is 0 Å². The molecule has 19 heavy (non-hydrogen) atoms. The number of carboxylic acids is 1. The molecule has 1 fully saturated rings. The van der Waals surface area contributed by atoms with Gasteiger partial charge in [0.15, 0.2) is 5.82 Å². The van der Waals surface area contributed by atoms with Crippen LogP contribution in [0.3, 0.4) is 0 Å². The van der Waals surface area contributed by atoms with E-state index in [-0.39, 0.29) is 0 Å². The molecular weight excluding hydrogens is 244 g/mol. The second-order valence-corrected chi connectivity index (χ2v) is 5.25. The molecule has 1 aromatic rings. The third-order valence-corrected chi connectivity index (χ3v) is 3.52. The number of piperazine rings is 1. The van der Waals surface area contributed by atoms with Crippen molar-refractivity contribution in [3.63, 3.8) is 0 Å². The molecule has 2 rings (SSSR count). The summed E-state index contributed by atoms with van der Waals surface area (Å²) in [5.74, 6) is 0.309. The van der Waals surface area contributed by atoms with Crippen molar-refractivity contribution >= 4 is 11.8 Å². The van der Waals surface area contributed by atoms with Gasteiger partial charge >= 0.3 is 5.97 Å². The topological polar surface area (TPSA) is 69.6 Å². The van der Waals surface area contributed by atoms with Gasteiger partial charge in [-0.25, -0.2) is 0 Å². The van der Waals surface area contributed by atoms with Crippen LogP contribution in [0.5, 0.6) is 0 Å². The smallest absolute Gasteiger partial charge is 0.322 e. The first-order chi connectivity index (χ1) is 8.99. The average molecular weight is 264 g/mol. The predicted octanol–water partition coefficient (Wildman–Crippen LogP) is 0.805. The van der Waals surface area contributed by atoms with Crippen LogP contribution in [0.1, 0.15) is 25.5 Å². The molecule has 0 aromatic carbocycles. The minimum atomic E-state index is -0.793. The molecule has 1 aromatic heterocycles. The van der Waals surface area contributed by atoms with Gasteiger partial charge in [0.2, 0.25) is 0 Å². The van der Waals surface area contributed by atoms with E-state index >= 15 is 0 Å². The summed E-state index contributed by atoms with van der Waals surface area (Å²) in [4.78, 5) is 15.0. The number of hydrogen-bond acceptors (Lipinski definition) is 5. The van der Waals surface area contributed by atoms with Crippen molar-refractivity contribution in [1.82, 2.24) is 15.1 Å². The van der Waals surface area contributed by atoms with E-state index in [1.807, 2.05) is 29.0 Å². The minimum absolute atomic E-state index is 0.348. The third kappa shape index (κ3) is 3.01. The molecule has 0 bridgehead atoms. The minimum Gasteiger partial charge on any atom is -0.480 e. The quantitative estimate of drug-likeness (QED) is 0.871. The Bertz CT molecular complexity index is 446. The van der Waals surface area contributed by atoms with Gasteiger partial charge in [-0.05, 0) is 25.1 Å². The zero-order valence-corrected chi connectivity index (χ0v) is 11.6. The molecule has 0 radical (unpaired) electrons. The maximum atomic E-state index is 11.2. The van der Waals surface area contributed by atoms with Gasteiger partial charge in [0.25, 0.3) is 0 Å². The number of nitrogens with zero attached hydrogens (tertiary/aromatic N) is 4. The standard InChI is InChI=1S/C13H20N4O2/c1-9(2)10-4-5-12(15-14-10)17-7-6-16(3)11(8-17)13(18)19/h4-5,9,11H,6-8H2,1-3H3,(H,18,19)/t11-/m1/s1. The van der Waals surface area contributed by atoms with Gasteiger partial charge in [0.1, 0.15) is 6.04 Å². The Labute approximate surface area is 113 Å². The van der Waals surface area contributed by atoms with Crippen LogP contribution in [0.15, 0.2) is 12.1 Å². The number of hydrogen-bond donors (Lipinski definition) is 1. The van der Waals surface area contributed by atoms with Crippen LogP contribution in [0.4, 0.5) is 5.82 Å². The van der Waals surface area contributed by atoms with Gasteiger partial charge in [-0.1, -0.05) is 13.8 Å². The maximum Gasteiger partial charge on any atom is 0.322 e. The highest BCUT2D eigenvalue weighted by Crippen LogP contribution is 2.18. The van der Waals surface area contributed by atoms with E-state index in [0.29, 0.717) is 19.0 Å². The fourth-order valence-corrected chi connectivity index (χ4v) is 2.16. The fraction of sp³-hybridized carbons (Fsp3) is 0.615. The van der Waals surface area contributed by atoms with Crippen LogP contribution >= 0.6 is 0 Å². The highest BCUT2D eigenvalue weighted by Gasteiger charge is 2.30. The molecule has 6 heteroatoms. The lowest BCUT2D eigenvalue weighted by Crippen LogP contribution is -2.55. The van der Waals surface area contributed by atoms with E-state index in [2.05, 4.69) is 24.0 Å². The Balaban J connectivity index is 2.11. The highest BCUT2D eigenvalue weighted by atomic mass is 16.4. The molecule has 1 aliphatic heterocycles. The molecule has 0 aliphatic carbocycles. The lowest BCUT2D eigenvalue weighted by atomic mass is 10.1. The van der Waals surface area contributed by atoms with E-state index in [0.717, 1.165) is 18.1 Å². The number of rotatable bonds is 3. The number of likely N-dealkylation sites (N-methyl/N-ethyl adjacent to an activating group) is 1. The number of aromatic nitrogens is 2. The van der Waals surface area contributed by atoms with E-state index in [9.17, 15) is 9.90 Å². The zero-order valence-electron chi connectivity index (χ0n) is 11.6. The van der Waals surface area contributed by atoms with Gasteiger partial charge in [-0.2, -0.15) is 5.10 Å². The van der Waals surface area contributed by atoms with Gasteiger partial charge in [-0.3, -0.25) is 9.69 Å². The molecule has 1 N–H and O–H groups in total. The first kappa shape index (κ1) is 13.7. The van der Waals surface area contributed by atoms with Gasteiger partial charge in [-0.15, -0.1) is 5.10 Å². The summed E-state index contributed by atoms with van der Waals surface area (Å²) in [5, 5.41) is 17.6. The number of carbonyl (C=O) groups is 1. The molecule has 0 unspecified atom stereocenters. The van der Waals surface area contributed by atoms with Gasteiger partial charge < -0.3 is 10.0 Å². The molecular formula is C13H20N4O2.